The zero-order valence-electron chi connectivity index (χ0n) is 19.5. The summed E-state index contributed by atoms with van der Waals surface area (Å²) in [5.74, 6) is 1.46. The Bertz CT molecular complexity index is 1310. The van der Waals surface area contributed by atoms with Crippen molar-refractivity contribution in [2.24, 2.45) is 0 Å². The van der Waals surface area contributed by atoms with Crippen molar-refractivity contribution in [3.05, 3.63) is 87.2 Å². The smallest absolute Gasteiger partial charge is 0.232 e. The lowest BCUT2D eigenvalue weighted by atomic mass is 10.2. The maximum Gasteiger partial charge on any atom is 0.232 e. The quantitative estimate of drug-likeness (QED) is 0.290. The molecule has 0 radical (unpaired) electrons. The van der Waals surface area contributed by atoms with Crippen LogP contribution in [-0.4, -0.2) is 42.7 Å². The molecule has 1 unspecified atom stereocenters. The molecule has 184 valence electrons. The average molecular weight is 521 g/mol. The molecule has 2 aromatic heterocycles. The highest BCUT2D eigenvalue weighted by atomic mass is 35.5. The predicted molar refractivity (Wildman–Crippen MR) is 140 cm³/mol. The largest absolute Gasteiger partial charge is 0.489 e. The van der Waals surface area contributed by atoms with Crippen LogP contribution < -0.4 is 10.1 Å². The van der Waals surface area contributed by atoms with Crippen molar-refractivity contribution in [1.82, 2.24) is 9.88 Å². The van der Waals surface area contributed by atoms with Gasteiger partial charge in [0, 0.05) is 40.7 Å². The molecule has 4 aromatic rings. The Morgan fingerprint density at radius 3 is 2.64 bits per heavy atom. The Kier molecular flexibility index (Phi) is 7.84. The molecular formula is C27H25ClN4O3S. The summed E-state index contributed by atoms with van der Waals surface area (Å²) >= 11 is 7.93. The minimum Gasteiger partial charge on any atom is -0.489 e. The van der Waals surface area contributed by atoms with Crippen molar-refractivity contribution in [2.75, 3.05) is 38.2 Å². The standard InChI is InChI=1S/C27H25ClN4O3S/c28-22-5-2-1-4-20(22)18-34-21-9-7-19(8-10-21)26-31-23(16-29)27(35-26)30-17-24(25-6-3-15-36-25)32-11-13-33-14-12-32/h1-10,15,24,30H,11-14,17-18H2. The first-order valence-corrected chi connectivity index (χ1v) is 12.9. The maximum atomic E-state index is 9.65. The summed E-state index contributed by atoms with van der Waals surface area (Å²) in [6.45, 7) is 4.13. The summed E-state index contributed by atoms with van der Waals surface area (Å²) in [4.78, 5) is 8.06. The molecule has 9 heteroatoms. The third-order valence-electron chi connectivity index (χ3n) is 6.00. The van der Waals surface area contributed by atoms with Crippen LogP contribution in [0.2, 0.25) is 5.02 Å². The third kappa shape index (κ3) is 5.72. The van der Waals surface area contributed by atoms with Gasteiger partial charge in [0.25, 0.3) is 0 Å². The van der Waals surface area contributed by atoms with Gasteiger partial charge in [0.15, 0.2) is 0 Å². The molecule has 0 saturated carbocycles. The van der Waals surface area contributed by atoms with Crippen molar-refractivity contribution in [3.8, 4) is 23.3 Å². The first-order chi connectivity index (χ1) is 17.7. The number of benzene rings is 2. The van der Waals surface area contributed by atoms with Crippen LogP contribution in [0.3, 0.4) is 0 Å². The number of aromatic nitrogens is 1. The molecule has 5 rings (SSSR count). The summed E-state index contributed by atoms with van der Waals surface area (Å²) < 4.78 is 17.4. The number of ether oxygens (including phenoxy) is 2. The lowest BCUT2D eigenvalue weighted by molar-refractivity contribution is 0.0193. The van der Waals surface area contributed by atoms with Gasteiger partial charge in [0.2, 0.25) is 17.5 Å². The van der Waals surface area contributed by atoms with Gasteiger partial charge < -0.3 is 19.2 Å². The van der Waals surface area contributed by atoms with E-state index in [-0.39, 0.29) is 11.7 Å². The molecule has 0 spiro atoms. The van der Waals surface area contributed by atoms with Gasteiger partial charge >= 0.3 is 0 Å². The number of hydrogen-bond acceptors (Lipinski definition) is 8. The summed E-state index contributed by atoms with van der Waals surface area (Å²) in [5, 5.41) is 15.7. The molecule has 1 aliphatic heterocycles. The monoisotopic (exact) mass is 520 g/mol. The summed E-state index contributed by atoms with van der Waals surface area (Å²) in [6.07, 6.45) is 0. The Labute approximate surface area is 218 Å². The van der Waals surface area contributed by atoms with Crippen molar-refractivity contribution in [2.45, 2.75) is 12.6 Å². The topological polar surface area (TPSA) is 83.5 Å². The van der Waals surface area contributed by atoms with E-state index in [2.05, 4.69) is 38.8 Å². The number of oxazole rings is 1. The molecule has 36 heavy (non-hydrogen) atoms. The third-order valence-corrected chi connectivity index (χ3v) is 7.34. The highest BCUT2D eigenvalue weighted by molar-refractivity contribution is 7.10. The molecule has 2 aromatic carbocycles. The average Bonchev–Trinajstić information content (AvgIpc) is 3.60. The number of anilines is 1. The molecule has 1 aliphatic rings. The van der Waals surface area contributed by atoms with E-state index in [1.165, 1.54) is 4.88 Å². The summed E-state index contributed by atoms with van der Waals surface area (Å²) in [7, 11) is 0. The molecule has 0 bridgehead atoms. The van der Waals surface area contributed by atoms with Crippen LogP contribution in [0.25, 0.3) is 11.5 Å². The van der Waals surface area contributed by atoms with E-state index in [9.17, 15) is 5.26 Å². The first kappa shape index (κ1) is 24.3. The van der Waals surface area contributed by atoms with Gasteiger partial charge in [-0.15, -0.1) is 11.3 Å². The van der Waals surface area contributed by atoms with Crippen molar-refractivity contribution < 1.29 is 13.9 Å². The molecule has 1 saturated heterocycles. The molecule has 0 aliphatic carbocycles. The van der Waals surface area contributed by atoms with Gasteiger partial charge in [0.05, 0.1) is 19.3 Å². The number of morpholine rings is 1. The van der Waals surface area contributed by atoms with E-state index in [1.54, 1.807) is 11.3 Å². The van der Waals surface area contributed by atoms with E-state index >= 15 is 0 Å². The van der Waals surface area contributed by atoms with Gasteiger partial charge in [-0.05, 0) is 41.8 Å². The van der Waals surface area contributed by atoms with Crippen LogP contribution in [0.15, 0.2) is 70.5 Å². The van der Waals surface area contributed by atoms with E-state index in [1.807, 2.05) is 48.5 Å². The minimum atomic E-state index is 0.156. The maximum absolute atomic E-state index is 9.65. The van der Waals surface area contributed by atoms with Gasteiger partial charge in [0.1, 0.15) is 18.4 Å². The molecule has 1 fully saturated rings. The van der Waals surface area contributed by atoms with Gasteiger partial charge in [-0.1, -0.05) is 35.9 Å². The SMILES string of the molecule is N#Cc1nc(-c2ccc(OCc3ccccc3Cl)cc2)oc1NCC(c1cccs1)N1CCOCC1. The summed E-state index contributed by atoms with van der Waals surface area (Å²) in [5.41, 5.74) is 1.91. The van der Waals surface area contributed by atoms with Gasteiger partial charge in [-0.3, -0.25) is 4.90 Å². The van der Waals surface area contributed by atoms with E-state index < -0.39 is 0 Å². The molecule has 0 amide bonds. The van der Waals surface area contributed by atoms with Crippen LogP contribution in [0.5, 0.6) is 5.75 Å². The Morgan fingerprint density at radius 1 is 1.11 bits per heavy atom. The molecule has 1 N–H and O–H groups in total. The van der Waals surface area contributed by atoms with E-state index in [0.29, 0.717) is 35.7 Å². The normalized spacial score (nSPS) is 14.8. The van der Waals surface area contributed by atoms with Crippen LogP contribution >= 0.6 is 22.9 Å². The van der Waals surface area contributed by atoms with E-state index in [4.69, 9.17) is 25.5 Å². The van der Waals surface area contributed by atoms with Gasteiger partial charge in [-0.25, -0.2) is 0 Å². The molecule has 1 atom stereocenters. The highest BCUT2D eigenvalue weighted by Crippen LogP contribution is 2.30. The summed E-state index contributed by atoms with van der Waals surface area (Å²) in [6, 6.07) is 21.5. The molecular weight excluding hydrogens is 496 g/mol. The zero-order chi connectivity index (χ0) is 24.7. The number of hydrogen-bond donors (Lipinski definition) is 1. The number of rotatable bonds is 9. The lowest BCUT2D eigenvalue weighted by Crippen LogP contribution is -2.41. The van der Waals surface area contributed by atoms with Gasteiger partial charge in [-0.2, -0.15) is 10.2 Å². The number of thiophene rings is 1. The molecule has 7 nitrogen and oxygen atoms in total. The Morgan fingerprint density at radius 2 is 1.92 bits per heavy atom. The second kappa shape index (κ2) is 11.6. The van der Waals surface area contributed by atoms with Crippen molar-refractivity contribution in [1.29, 1.82) is 5.26 Å². The second-order valence-corrected chi connectivity index (χ2v) is 9.66. The fourth-order valence-corrected chi connectivity index (χ4v) is 5.13. The van der Waals surface area contributed by atoms with Crippen molar-refractivity contribution in [3.63, 3.8) is 0 Å². The fraction of sp³-hybridized carbons (Fsp3) is 0.259. The van der Waals surface area contributed by atoms with Crippen LogP contribution in [0.1, 0.15) is 22.2 Å². The van der Waals surface area contributed by atoms with E-state index in [0.717, 1.165) is 37.4 Å². The number of nitrogens with one attached hydrogen (secondary N) is 1. The van der Waals surface area contributed by atoms with Crippen molar-refractivity contribution >= 4 is 28.8 Å². The molecule has 3 heterocycles. The van der Waals surface area contributed by atoms with Crippen LogP contribution in [-0.2, 0) is 11.3 Å². The Hall–Kier alpha value is -3.35. The fourth-order valence-electron chi connectivity index (χ4n) is 4.08. The second-order valence-electron chi connectivity index (χ2n) is 8.27. The highest BCUT2D eigenvalue weighted by Gasteiger charge is 2.25. The van der Waals surface area contributed by atoms with Crippen LogP contribution in [0.4, 0.5) is 5.88 Å². The lowest BCUT2D eigenvalue weighted by Gasteiger charge is -2.34. The number of nitrogens with zero attached hydrogens (tertiary/aromatic N) is 3. The number of nitriles is 1. The number of halogens is 1. The van der Waals surface area contributed by atoms with Crippen LogP contribution in [0, 0.1) is 11.3 Å². The minimum absolute atomic E-state index is 0.156. The predicted octanol–water partition coefficient (Wildman–Crippen LogP) is 5.99. The first-order valence-electron chi connectivity index (χ1n) is 11.7. The zero-order valence-corrected chi connectivity index (χ0v) is 21.1. The Balaban J connectivity index is 1.27.